The summed E-state index contributed by atoms with van der Waals surface area (Å²) >= 11 is 5.71. The van der Waals surface area contributed by atoms with Gasteiger partial charge in [0.05, 0.1) is 0 Å². The first kappa shape index (κ1) is 15.1. The Kier molecular flexibility index (Phi) is 4.99. The standard InChI is InChI=1S/C13H13ClN2O5/c14-9-1-3-10(4-2-9)20-8-12(18)21-7-11(17)16-6-5-15-13(16)19/h1-4H,5-8H2,(H,15,19). The second kappa shape index (κ2) is 6.94. The number of rotatable bonds is 5. The summed E-state index contributed by atoms with van der Waals surface area (Å²) in [6.45, 7) is -0.147. The van der Waals surface area contributed by atoms with Crippen LogP contribution in [0.1, 0.15) is 0 Å². The van der Waals surface area contributed by atoms with E-state index in [-0.39, 0.29) is 13.2 Å². The molecule has 0 saturated carbocycles. The lowest BCUT2D eigenvalue weighted by atomic mass is 10.3. The molecule has 1 aliphatic rings. The summed E-state index contributed by atoms with van der Waals surface area (Å²) in [5.41, 5.74) is 0. The van der Waals surface area contributed by atoms with Gasteiger partial charge in [0.1, 0.15) is 5.75 Å². The van der Waals surface area contributed by atoms with Crippen molar-refractivity contribution in [3.8, 4) is 5.75 Å². The Morgan fingerprint density at radius 1 is 1.24 bits per heavy atom. The van der Waals surface area contributed by atoms with Crippen molar-refractivity contribution < 1.29 is 23.9 Å². The molecule has 0 aromatic heterocycles. The highest BCUT2D eigenvalue weighted by Crippen LogP contribution is 2.15. The number of halogens is 1. The Balaban J connectivity index is 1.71. The van der Waals surface area contributed by atoms with Gasteiger partial charge in [0.15, 0.2) is 13.2 Å². The fraction of sp³-hybridized carbons (Fsp3) is 0.308. The molecule has 0 radical (unpaired) electrons. The number of benzene rings is 1. The van der Waals surface area contributed by atoms with E-state index >= 15 is 0 Å². The molecule has 8 heteroatoms. The van der Waals surface area contributed by atoms with Gasteiger partial charge >= 0.3 is 12.0 Å². The average Bonchev–Trinajstić information content (AvgIpc) is 2.90. The van der Waals surface area contributed by atoms with Crippen molar-refractivity contribution in [2.75, 3.05) is 26.3 Å². The SMILES string of the molecule is O=C(COc1ccc(Cl)cc1)OCC(=O)N1CCNC1=O. The van der Waals surface area contributed by atoms with Gasteiger partial charge in [0.2, 0.25) is 0 Å². The predicted octanol–water partition coefficient (Wildman–Crippen LogP) is 0.814. The number of carbonyl (C=O) groups excluding carboxylic acids is 3. The second-order valence-corrected chi connectivity index (χ2v) is 4.62. The van der Waals surface area contributed by atoms with Gasteiger partial charge in [-0.05, 0) is 24.3 Å². The van der Waals surface area contributed by atoms with E-state index in [0.717, 1.165) is 4.90 Å². The van der Waals surface area contributed by atoms with Crippen LogP contribution in [0.15, 0.2) is 24.3 Å². The summed E-state index contributed by atoms with van der Waals surface area (Å²) in [5, 5.41) is 3.03. The maximum absolute atomic E-state index is 11.6. The van der Waals surface area contributed by atoms with Crippen LogP contribution >= 0.6 is 11.6 Å². The molecular formula is C13H13ClN2O5. The van der Waals surface area contributed by atoms with Crippen molar-refractivity contribution in [1.82, 2.24) is 10.2 Å². The zero-order chi connectivity index (χ0) is 15.2. The molecule has 0 aliphatic carbocycles. The van der Waals surface area contributed by atoms with Gasteiger partial charge in [-0.15, -0.1) is 0 Å². The zero-order valence-corrected chi connectivity index (χ0v) is 11.8. The molecule has 1 N–H and O–H groups in total. The summed E-state index contributed by atoms with van der Waals surface area (Å²) in [6.07, 6.45) is 0. The van der Waals surface area contributed by atoms with Crippen molar-refractivity contribution >= 4 is 29.5 Å². The summed E-state index contributed by atoms with van der Waals surface area (Å²) in [5.74, 6) is -0.802. The van der Waals surface area contributed by atoms with E-state index in [2.05, 4.69) is 5.32 Å². The fourth-order valence-electron chi connectivity index (χ4n) is 1.64. The van der Waals surface area contributed by atoms with Crippen molar-refractivity contribution in [1.29, 1.82) is 0 Å². The maximum Gasteiger partial charge on any atom is 0.344 e. The molecule has 0 unspecified atom stereocenters. The molecule has 112 valence electrons. The molecule has 21 heavy (non-hydrogen) atoms. The zero-order valence-electron chi connectivity index (χ0n) is 11.0. The predicted molar refractivity (Wildman–Crippen MR) is 73.0 cm³/mol. The molecule has 0 bridgehead atoms. The summed E-state index contributed by atoms with van der Waals surface area (Å²) in [7, 11) is 0. The van der Waals surface area contributed by atoms with E-state index in [0.29, 0.717) is 17.3 Å². The van der Waals surface area contributed by atoms with Crippen LogP contribution in [0.3, 0.4) is 0 Å². The normalized spacial score (nSPS) is 13.8. The lowest BCUT2D eigenvalue weighted by Crippen LogP contribution is -2.37. The number of ether oxygens (including phenoxy) is 2. The van der Waals surface area contributed by atoms with Gasteiger partial charge in [0.25, 0.3) is 5.91 Å². The van der Waals surface area contributed by atoms with Crippen LogP contribution in [-0.4, -0.2) is 49.1 Å². The molecule has 1 fully saturated rings. The minimum atomic E-state index is -0.696. The first-order valence-electron chi connectivity index (χ1n) is 6.18. The van der Waals surface area contributed by atoms with Crippen LogP contribution in [0.4, 0.5) is 4.79 Å². The third-order valence-corrected chi connectivity index (χ3v) is 2.94. The van der Waals surface area contributed by atoms with Gasteiger partial charge in [-0.2, -0.15) is 0 Å². The first-order valence-corrected chi connectivity index (χ1v) is 6.56. The number of carbonyl (C=O) groups is 3. The van der Waals surface area contributed by atoms with Crippen LogP contribution in [0.25, 0.3) is 0 Å². The van der Waals surface area contributed by atoms with Crippen molar-refractivity contribution in [2.45, 2.75) is 0 Å². The summed E-state index contributed by atoms with van der Waals surface area (Å²) < 4.78 is 9.91. The fourth-order valence-corrected chi connectivity index (χ4v) is 1.77. The molecule has 1 saturated heterocycles. The highest BCUT2D eigenvalue weighted by molar-refractivity contribution is 6.30. The number of amides is 3. The van der Waals surface area contributed by atoms with Crippen LogP contribution < -0.4 is 10.1 Å². The average molecular weight is 313 g/mol. The Morgan fingerprint density at radius 3 is 2.57 bits per heavy atom. The van der Waals surface area contributed by atoms with Gasteiger partial charge in [0, 0.05) is 18.1 Å². The Labute approximate surface area is 125 Å². The third kappa shape index (κ3) is 4.35. The maximum atomic E-state index is 11.6. The summed E-state index contributed by atoms with van der Waals surface area (Å²) in [6, 6.07) is 5.98. The Bertz CT molecular complexity index is 546. The molecule has 1 aromatic carbocycles. The first-order chi connectivity index (χ1) is 10.1. The van der Waals surface area contributed by atoms with Gasteiger partial charge in [-0.1, -0.05) is 11.6 Å². The van der Waals surface area contributed by atoms with Crippen LogP contribution in [-0.2, 0) is 14.3 Å². The second-order valence-electron chi connectivity index (χ2n) is 4.18. The number of urea groups is 1. The van der Waals surface area contributed by atoms with E-state index in [1.165, 1.54) is 0 Å². The van der Waals surface area contributed by atoms with E-state index in [1.807, 2.05) is 0 Å². The lowest BCUT2D eigenvalue weighted by Gasteiger charge is -2.12. The molecule has 1 aliphatic heterocycles. The van der Waals surface area contributed by atoms with Crippen molar-refractivity contribution in [3.63, 3.8) is 0 Å². The van der Waals surface area contributed by atoms with Crippen molar-refractivity contribution in [3.05, 3.63) is 29.3 Å². The highest BCUT2D eigenvalue weighted by atomic mass is 35.5. The highest BCUT2D eigenvalue weighted by Gasteiger charge is 2.26. The topological polar surface area (TPSA) is 84.9 Å². The number of imide groups is 1. The largest absolute Gasteiger partial charge is 0.482 e. The molecule has 7 nitrogen and oxygen atoms in total. The Morgan fingerprint density at radius 2 is 1.95 bits per heavy atom. The minimum Gasteiger partial charge on any atom is -0.482 e. The van der Waals surface area contributed by atoms with Gasteiger partial charge in [-0.3, -0.25) is 9.69 Å². The van der Waals surface area contributed by atoms with Crippen LogP contribution in [0.2, 0.25) is 5.02 Å². The van der Waals surface area contributed by atoms with Crippen LogP contribution in [0, 0.1) is 0 Å². The van der Waals surface area contributed by atoms with E-state index in [4.69, 9.17) is 21.1 Å². The van der Waals surface area contributed by atoms with Gasteiger partial charge in [-0.25, -0.2) is 9.59 Å². The molecule has 0 atom stereocenters. The number of nitrogens with one attached hydrogen (secondary N) is 1. The van der Waals surface area contributed by atoms with Crippen molar-refractivity contribution in [2.24, 2.45) is 0 Å². The minimum absolute atomic E-state index is 0.274. The number of hydrogen-bond acceptors (Lipinski definition) is 5. The molecule has 3 amide bonds. The van der Waals surface area contributed by atoms with E-state index in [1.54, 1.807) is 24.3 Å². The van der Waals surface area contributed by atoms with Crippen LogP contribution in [0.5, 0.6) is 5.75 Å². The Hall–Kier alpha value is -2.28. The molecule has 0 spiro atoms. The lowest BCUT2D eigenvalue weighted by molar-refractivity contribution is -0.152. The number of nitrogens with zero attached hydrogens (tertiary/aromatic N) is 1. The molecule has 2 rings (SSSR count). The smallest absolute Gasteiger partial charge is 0.344 e. The molecule has 1 aromatic rings. The number of hydrogen-bond donors (Lipinski definition) is 1. The van der Waals surface area contributed by atoms with E-state index < -0.39 is 24.5 Å². The quantitative estimate of drug-likeness (QED) is 0.813. The summed E-state index contributed by atoms with van der Waals surface area (Å²) in [4.78, 5) is 35.3. The molecular weight excluding hydrogens is 300 g/mol. The monoisotopic (exact) mass is 312 g/mol. The van der Waals surface area contributed by atoms with Gasteiger partial charge < -0.3 is 14.8 Å². The molecule has 1 heterocycles. The number of esters is 1. The third-order valence-electron chi connectivity index (χ3n) is 2.68. The van der Waals surface area contributed by atoms with E-state index in [9.17, 15) is 14.4 Å².